The van der Waals surface area contributed by atoms with Gasteiger partial charge in [0.2, 0.25) is 5.91 Å². The smallest absolute Gasteiger partial charge is 0.249 e. The SMILES string of the molecule is CCCCCCCCCCCCCC/C=C\CCCCCCCCCCCC(O)C(=O)NC(COC1OC(CO)C(O)C(O)C1O)C(O)C(O)CCC/C=C/CCCCCCCCCCCCCCCCCCCCCCCCCCC. The van der Waals surface area contributed by atoms with Gasteiger partial charge >= 0.3 is 0 Å². The monoisotopic (exact) mass is 1160 g/mol. The zero-order valence-electron chi connectivity index (χ0n) is 53.8. The molecule has 9 atom stereocenters. The highest BCUT2D eigenvalue weighted by Crippen LogP contribution is 2.24. The lowest BCUT2D eigenvalue weighted by Gasteiger charge is -2.40. The van der Waals surface area contributed by atoms with Crippen LogP contribution in [0.3, 0.4) is 0 Å². The Hall–Kier alpha value is -1.41. The zero-order valence-corrected chi connectivity index (χ0v) is 53.8. The highest BCUT2D eigenvalue weighted by Gasteiger charge is 2.44. The van der Waals surface area contributed by atoms with Crippen molar-refractivity contribution in [3.05, 3.63) is 24.3 Å². The predicted molar refractivity (Wildman–Crippen MR) is 344 cm³/mol. The maximum atomic E-state index is 13.2. The summed E-state index contributed by atoms with van der Waals surface area (Å²) in [6.07, 6.45) is 64.1. The highest BCUT2D eigenvalue weighted by atomic mass is 16.7. The molecule has 11 nitrogen and oxygen atoms in total. The molecule has 1 aliphatic rings. The number of unbranched alkanes of at least 4 members (excludes halogenated alkanes) is 47. The Labute approximate surface area is 505 Å². The van der Waals surface area contributed by atoms with Crippen LogP contribution in [-0.4, -0.2) is 110 Å². The van der Waals surface area contributed by atoms with Crippen LogP contribution in [0.25, 0.3) is 0 Å². The molecule has 11 heteroatoms. The Balaban J connectivity index is 2.21. The molecule has 0 aromatic rings. The highest BCUT2D eigenvalue weighted by molar-refractivity contribution is 5.80. The van der Waals surface area contributed by atoms with Crippen LogP contribution in [0.2, 0.25) is 0 Å². The third-order valence-corrected chi connectivity index (χ3v) is 17.5. The fraction of sp³-hybridized carbons (Fsp3) is 0.930. The van der Waals surface area contributed by atoms with E-state index in [1.165, 1.54) is 276 Å². The van der Waals surface area contributed by atoms with Crippen LogP contribution in [-0.2, 0) is 14.3 Å². The zero-order chi connectivity index (χ0) is 59.6. The summed E-state index contributed by atoms with van der Waals surface area (Å²) in [7, 11) is 0. The van der Waals surface area contributed by atoms with Gasteiger partial charge in [-0.2, -0.15) is 0 Å². The van der Waals surface area contributed by atoms with Crippen LogP contribution in [0.5, 0.6) is 0 Å². The number of carbonyl (C=O) groups is 1. The predicted octanol–water partition coefficient (Wildman–Crippen LogP) is 17.2. The molecule has 1 amide bonds. The van der Waals surface area contributed by atoms with Crippen molar-refractivity contribution in [1.29, 1.82) is 0 Å². The van der Waals surface area contributed by atoms with Gasteiger partial charge in [-0.3, -0.25) is 4.79 Å². The van der Waals surface area contributed by atoms with Crippen LogP contribution >= 0.6 is 0 Å². The summed E-state index contributed by atoms with van der Waals surface area (Å²) in [4.78, 5) is 13.2. The Kier molecular flexibility index (Phi) is 57.4. The third kappa shape index (κ3) is 46.8. The van der Waals surface area contributed by atoms with Gasteiger partial charge in [-0.25, -0.2) is 0 Å². The number of nitrogens with one attached hydrogen (secondary N) is 1. The second-order valence-electron chi connectivity index (χ2n) is 25.3. The van der Waals surface area contributed by atoms with Crippen LogP contribution in [0.4, 0.5) is 0 Å². The summed E-state index contributed by atoms with van der Waals surface area (Å²) in [5.74, 6) is -0.702. The van der Waals surface area contributed by atoms with Crippen molar-refractivity contribution in [3.63, 3.8) is 0 Å². The number of ether oxygens (including phenoxy) is 2. The van der Waals surface area contributed by atoms with Gasteiger partial charge in [-0.1, -0.05) is 314 Å². The fourth-order valence-corrected chi connectivity index (χ4v) is 11.7. The minimum absolute atomic E-state index is 0.254. The molecule has 1 aliphatic heterocycles. The topological polar surface area (TPSA) is 189 Å². The van der Waals surface area contributed by atoms with E-state index in [4.69, 9.17) is 9.47 Å². The molecular formula is C71H137NO10. The number of rotatable bonds is 63. The van der Waals surface area contributed by atoms with Gasteiger partial charge in [0.25, 0.3) is 0 Å². The standard InChI is InChI=1S/C71H137NO10/c1-3-5-7-9-11-13-15-17-19-21-23-25-27-29-30-31-32-33-35-36-38-40-42-44-46-48-50-52-54-56-58-63(74)66(76)62(61-81-71-69(79)68(78)67(77)65(60-73)82-71)72-70(80)64(75)59-57-55-53-51-49-47-45-43-41-39-37-34-28-26-24-22-20-18-16-14-12-10-8-6-4-2/h34,37,50,52,62-69,71,73-79H,3-33,35-36,38-49,51,53-61H2,1-2H3,(H,72,80)/b37-34-,52-50+. The van der Waals surface area contributed by atoms with Crippen molar-refractivity contribution < 1.29 is 50.0 Å². The van der Waals surface area contributed by atoms with Gasteiger partial charge in [0.05, 0.1) is 25.4 Å². The normalized spacial score (nSPS) is 19.2. The first-order valence-corrected chi connectivity index (χ1v) is 35.7. The molecule has 0 bridgehead atoms. The average Bonchev–Trinajstić information content (AvgIpc) is 3.53. The molecule has 1 fully saturated rings. The number of allylic oxidation sites excluding steroid dienone is 4. The minimum Gasteiger partial charge on any atom is -0.394 e. The van der Waals surface area contributed by atoms with E-state index in [1.54, 1.807) is 0 Å². The molecule has 0 aliphatic carbocycles. The summed E-state index contributed by atoms with van der Waals surface area (Å²) >= 11 is 0. The fourth-order valence-electron chi connectivity index (χ4n) is 11.7. The maximum absolute atomic E-state index is 13.2. The number of aliphatic hydroxyl groups excluding tert-OH is 7. The van der Waals surface area contributed by atoms with Crippen molar-refractivity contribution in [2.45, 2.75) is 409 Å². The largest absolute Gasteiger partial charge is 0.394 e. The molecule has 0 aromatic heterocycles. The molecule has 1 heterocycles. The molecule has 82 heavy (non-hydrogen) atoms. The van der Waals surface area contributed by atoms with Crippen molar-refractivity contribution in [3.8, 4) is 0 Å². The first-order chi connectivity index (χ1) is 40.2. The van der Waals surface area contributed by atoms with E-state index in [0.29, 0.717) is 12.8 Å². The van der Waals surface area contributed by atoms with Crippen LogP contribution in [0.1, 0.15) is 354 Å². The Bertz CT molecular complexity index is 1380. The molecule has 0 saturated carbocycles. The molecule has 486 valence electrons. The maximum Gasteiger partial charge on any atom is 0.249 e. The second kappa shape index (κ2) is 59.9. The minimum atomic E-state index is -1.67. The van der Waals surface area contributed by atoms with Crippen molar-refractivity contribution >= 4 is 5.91 Å². The molecule has 8 N–H and O–H groups in total. The molecule has 1 rings (SSSR count). The van der Waals surface area contributed by atoms with Crippen molar-refractivity contribution in [2.75, 3.05) is 13.2 Å². The van der Waals surface area contributed by atoms with Gasteiger partial charge in [-0.15, -0.1) is 0 Å². The van der Waals surface area contributed by atoms with Crippen molar-refractivity contribution in [2.24, 2.45) is 0 Å². The first-order valence-electron chi connectivity index (χ1n) is 35.7. The number of hydrogen-bond donors (Lipinski definition) is 8. The van der Waals surface area contributed by atoms with E-state index < -0.39 is 74.2 Å². The number of hydrogen-bond acceptors (Lipinski definition) is 10. The molecule has 1 saturated heterocycles. The third-order valence-electron chi connectivity index (χ3n) is 17.5. The van der Waals surface area contributed by atoms with Gasteiger partial charge in [0.15, 0.2) is 6.29 Å². The second-order valence-corrected chi connectivity index (χ2v) is 25.3. The van der Waals surface area contributed by atoms with E-state index in [1.807, 2.05) is 0 Å². The van der Waals surface area contributed by atoms with E-state index in [0.717, 1.165) is 38.5 Å². The van der Waals surface area contributed by atoms with Gasteiger partial charge in [-0.05, 0) is 64.2 Å². The molecule has 0 spiro atoms. The quantitative estimate of drug-likeness (QED) is 0.0215. The number of aliphatic hydroxyl groups is 7. The lowest BCUT2D eigenvalue weighted by Crippen LogP contribution is -2.60. The first kappa shape index (κ1) is 78.6. The van der Waals surface area contributed by atoms with Crippen molar-refractivity contribution in [1.82, 2.24) is 5.32 Å². The van der Waals surface area contributed by atoms with Crippen LogP contribution in [0, 0.1) is 0 Å². The summed E-state index contributed by atoms with van der Waals surface area (Å²) in [5.41, 5.74) is 0. The number of amides is 1. The molecule has 0 radical (unpaired) electrons. The van der Waals surface area contributed by atoms with E-state index in [9.17, 15) is 40.5 Å². The van der Waals surface area contributed by atoms with Gasteiger partial charge in [0, 0.05) is 0 Å². The van der Waals surface area contributed by atoms with E-state index >= 15 is 0 Å². The Morgan fingerprint density at radius 2 is 0.720 bits per heavy atom. The summed E-state index contributed by atoms with van der Waals surface area (Å²) in [5, 5.41) is 76.5. The molecule has 0 aromatic carbocycles. The number of carbonyl (C=O) groups excluding carboxylic acids is 1. The van der Waals surface area contributed by atoms with Crippen LogP contribution in [0.15, 0.2) is 24.3 Å². The Morgan fingerprint density at radius 1 is 0.415 bits per heavy atom. The summed E-state index contributed by atoms with van der Waals surface area (Å²) in [6, 6.07) is -1.19. The molecule has 9 unspecified atom stereocenters. The van der Waals surface area contributed by atoms with E-state index in [2.05, 4.69) is 43.5 Å². The average molecular weight is 1160 g/mol. The lowest BCUT2D eigenvalue weighted by molar-refractivity contribution is -0.303. The van der Waals surface area contributed by atoms with Gasteiger partial charge < -0.3 is 50.5 Å². The Morgan fingerprint density at radius 3 is 1.05 bits per heavy atom. The summed E-state index contributed by atoms with van der Waals surface area (Å²) < 4.78 is 11.2. The summed E-state index contributed by atoms with van der Waals surface area (Å²) in [6.45, 7) is 3.50. The molecular weight excluding hydrogens is 1030 g/mol. The van der Waals surface area contributed by atoms with E-state index in [-0.39, 0.29) is 12.8 Å². The lowest BCUT2D eigenvalue weighted by atomic mass is 9.98. The van der Waals surface area contributed by atoms with Crippen LogP contribution < -0.4 is 5.32 Å². The van der Waals surface area contributed by atoms with Gasteiger partial charge in [0.1, 0.15) is 36.6 Å².